The largest absolute Gasteiger partial charge is 0.455 e. The van der Waals surface area contributed by atoms with Crippen LogP contribution in [0.5, 0.6) is 5.75 Å². The van der Waals surface area contributed by atoms with Crippen molar-refractivity contribution >= 4 is 10.0 Å². The molecule has 1 rings (SSSR count). The number of nitrogens with two attached hydrogens (primary N) is 1. The summed E-state index contributed by atoms with van der Waals surface area (Å²) in [5.74, 6) is -0.132. The van der Waals surface area contributed by atoms with Crippen LogP contribution in [0.25, 0.3) is 0 Å². The number of hydrogen-bond acceptors (Lipinski definition) is 3. The predicted molar refractivity (Wildman–Crippen MR) is 53.5 cm³/mol. The van der Waals surface area contributed by atoms with E-state index in [1.54, 1.807) is 0 Å². The van der Waals surface area contributed by atoms with Crippen LogP contribution < -0.4 is 9.88 Å². The molecule has 82 valence electrons. The van der Waals surface area contributed by atoms with Gasteiger partial charge in [-0.2, -0.15) is 4.39 Å². The van der Waals surface area contributed by atoms with E-state index in [1.165, 1.54) is 24.3 Å². The number of ether oxygens (including phenoxy) is 1. The first-order valence-electron chi connectivity index (χ1n) is 4.00. The third-order valence-electron chi connectivity index (χ3n) is 1.58. The highest BCUT2D eigenvalue weighted by Crippen LogP contribution is 2.23. The molecule has 0 radical (unpaired) electrons. The molecule has 1 atom stereocenters. The predicted octanol–water partition coefficient (Wildman–Crippen LogP) is 1.19. The minimum absolute atomic E-state index is 0.132. The first kappa shape index (κ1) is 11.7. The lowest BCUT2D eigenvalue weighted by Crippen LogP contribution is -2.15. The topological polar surface area (TPSA) is 69.4 Å². The van der Waals surface area contributed by atoms with Gasteiger partial charge in [0, 0.05) is 0 Å². The Balaban J connectivity index is 3.13. The number of halogens is 1. The number of primary sulfonamides is 1. The highest BCUT2D eigenvalue weighted by atomic mass is 32.2. The fraction of sp³-hybridized carbons (Fsp3) is 0.111. The van der Waals surface area contributed by atoms with E-state index < -0.39 is 16.4 Å². The maximum absolute atomic E-state index is 12.8. The van der Waals surface area contributed by atoms with E-state index >= 15 is 0 Å². The molecule has 0 aliphatic heterocycles. The molecule has 0 heterocycles. The summed E-state index contributed by atoms with van der Waals surface area (Å²) >= 11 is 0. The molecule has 0 aliphatic rings. The lowest BCUT2D eigenvalue weighted by atomic mass is 10.3. The van der Waals surface area contributed by atoms with Gasteiger partial charge in [-0.1, -0.05) is 18.7 Å². The van der Waals surface area contributed by atoms with E-state index in [4.69, 9.17) is 5.14 Å². The maximum atomic E-state index is 12.8. The van der Waals surface area contributed by atoms with Crippen molar-refractivity contribution < 1.29 is 17.5 Å². The summed E-state index contributed by atoms with van der Waals surface area (Å²) in [7, 11) is -3.91. The van der Waals surface area contributed by atoms with E-state index in [0.29, 0.717) is 0 Å². The van der Waals surface area contributed by atoms with Crippen LogP contribution in [0.15, 0.2) is 41.8 Å². The Morgan fingerprint density at radius 3 is 2.60 bits per heavy atom. The standard InChI is InChI=1S/C9H10FNO3S/c1-2-9(10)14-7-5-3-4-6-8(7)15(11,12)13/h2-6,9H,1H2,(H2,11,12,13). The Bertz CT molecular complexity index is 458. The second kappa shape index (κ2) is 4.41. The van der Waals surface area contributed by atoms with Crippen LogP contribution in [0.2, 0.25) is 0 Å². The molecule has 0 aromatic heterocycles. The molecule has 0 spiro atoms. The second-order valence-corrected chi connectivity index (χ2v) is 4.23. The lowest BCUT2D eigenvalue weighted by Gasteiger charge is -2.10. The summed E-state index contributed by atoms with van der Waals surface area (Å²) in [5, 5.41) is 4.92. The van der Waals surface area contributed by atoms with E-state index in [0.717, 1.165) is 6.08 Å². The molecule has 1 aromatic carbocycles. The van der Waals surface area contributed by atoms with Gasteiger partial charge in [0.15, 0.2) is 0 Å². The molecule has 4 nitrogen and oxygen atoms in total. The SMILES string of the molecule is C=CC(F)Oc1ccccc1S(N)(=O)=O. The Hall–Kier alpha value is -1.40. The van der Waals surface area contributed by atoms with Crippen LogP contribution in [0.3, 0.4) is 0 Å². The van der Waals surface area contributed by atoms with Gasteiger partial charge in [0.1, 0.15) is 10.6 Å². The molecule has 0 amide bonds. The Morgan fingerprint density at radius 1 is 1.47 bits per heavy atom. The summed E-state index contributed by atoms with van der Waals surface area (Å²) in [5.41, 5.74) is 0. The van der Waals surface area contributed by atoms with Crippen molar-refractivity contribution in [3.8, 4) is 5.75 Å². The van der Waals surface area contributed by atoms with E-state index in [9.17, 15) is 12.8 Å². The van der Waals surface area contributed by atoms with Gasteiger partial charge in [-0.25, -0.2) is 13.6 Å². The van der Waals surface area contributed by atoms with Gasteiger partial charge < -0.3 is 4.74 Å². The summed E-state index contributed by atoms with van der Waals surface area (Å²) in [6.07, 6.45) is -0.868. The molecule has 0 bridgehead atoms. The monoisotopic (exact) mass is 231 g/mol. The summed E-state index contributed by atoms with van der Waals surface area (Å²) < 4.78 is 39.6. The highest BCUT2D eigenvalue weighted by molar-refractivity contribution is 7.89. The van der Waals surface area contributed by atoms with Crippen molar-refractivity contribution in [2.24, 2.45) is 5.14 Å². The van der Waals surface area contributed by atoms with Gasteiger partial charge in [0.05, 0.1) is 0 Å². The third kappa shape index (κ3) is 3.03. The van der Waals surface area contributed by atoms with Gasteiger partial charge >= 0.3 is 0 Å². The van der Waals surface area contributed by atoms with Crippen molar-refractivity contribution in [3.05, 3.63) is 36.9 Å². The summed E-state index contributed by atoms with van der Waals surface area (Å²) in [6.45, 7) is 3.17. The van der Waals surface area contributed by atoms with Gasteiger partial charge in [0.25, 0.3) is 6.36 Å². The number of alkyl halides is 1. The van der Waals surface area contributed by atoms with Crippen LogP contribution in [0, 0.1) is 0 Å². The van der Waals surface area contributed by atoms with Gasteiger partial charge in [-0.3, -0.25) is 0 Å². The van der Waals surface area contributed by atoms with Crippen molar-refractivity contribution in [2.45, 2.75) is 11.3 Å². The molecular formula is C9H10FNO3S. The molecule has 0 saturated heterocycles. The number of rotatable bonds is 4. The van der Waals surface area contributed by atoms with Crippen LogP contribution >= 0.6 is 0 Å². The molecular weight excluding hydrogens is 221 g/mol. The zero-order valence-corrected chi connectivity index (χ0v) is 8.58. The van der Waals surface area contributed by atoms with Gasteiger partial charge in [-0.15, -0.1) is 0 Å². The van der Waals surface area contributed by atoms with Crippen molar-refractivity contribution in [2.75, 3.05) is 0 Å². The fourth-order valence-electron chi connectivity index (χ4n) is 0.952. The Kier molecular flexibility index (Phi) is 3.43. The van der Waals surface area contributed by atoms with Crippen molar-refractivity contribution in [1.29, 1.82) is 0 Å². The minimum Gasteiger partial charge on any atom is -0.455 e. The zero-order valence-electron chi connectivity index (χ0n) is 7.76. The first-order valence-corrected chi connectivity index (χ1v) is 5.55. The molecule has 0 aliphatic carbocycles. The minimum atomic E-state index is -3.91. The number of benzene rings is 1. The Morgan fingerprint density at radius 2 is 2.07 bits per heavy atom. The molecule has 1 unspecified atom stereocenters. The van der Waals surface area contributed by atoms with Crippen LogP contribution in [-0.4, -0.2) is 14.8 Å². The lowest BCUT2D eigenvalue weighted by molar-refractivity contribution is 0.110. The highest BCUT2D eigenvalue weighted by Gasteiger charge is 2.16. The average molecular weight is 231 g/mol. The van der Waals surface area contributed by atoms with E-state index in [2.05, 4.69) is 11.3 Å². The second-order valence-electron chi connectivity index (χ2n) is 2.70. The average Bonchev–Trinajstić information content (AvgIpc) is 2.17. The fourth-order valence-corrected chi connectivity index (χ4v) is 1.62. The van der Waals surface area contributed by atoms with Gasteiger partial charge in [0.2, 0.25) is 10.0 Å². The molecule has 0 fully saturated rings. The van der Waals surface area contributed by atoms with Crippen molar-refractivity contribution in [3.63, 3.8) is 0 Å². The molecule has 0 saturated carbocycles. The summed E-state index contributed by atoms with van der Waals surface area (Å²) in [4.78, 5) is -0.255. The van der Waals surface area contributed by atoms with E-state index in [1.807, 2.05) is 0 Å². The third-order valence-corrected chi connectivity index (χ3v) is 2.53. The zero-order chi connectivity index (χ0) is 11.5. The molecule has 15 heavy (non-hydrogen) atoms. The summed E-state index contributed by atoms with van der Waals surface area (Å²) in [6, 6.07) is 5.53. The van der Waals surface area contributed by atoms with Crippen molar-refractivity contribution in [1.82, 2.24) is 0 Å². The van der Waals surface area contributed by atoms with E-state index in [-0.39, 0.29) is 10.6 Å². The molecule has 2 N–H and O–H groups in total. The number of sulfonamides is 1. The quantitative estimate of drug-likeness (QED) is 0.791. The first-order chi connectivity index (χ1) is 6.95. The van der Waals surface area contributed by atoms with Crippen LogP contribution in [-0.2, 0) is 10.0 Å². The van der Waals surface area contributed by atoms with Crippen LogP contribution in [0.1, 0.15) is 0 Å². The van der Waals surface area contributed by atoms with Gasteiger partial charge in [-0.05, 0) is 18.2 Å². The van der Waals surface area contributed by atoms with Crippen LogP contribution in [0.4, 0.5) is 4.39 Å². The number of para-hydroxylation sites is 1. The smallest absolute Gasteiger partial charge is 0.257 e. The molecule has 6 heteroatoms. The normalized spacial score (nSPS) is 13.2. The number of hydrogen-bond donors (Lipinski definition) is 1. The molecule has 1 aromatic rings. The maximum Gasteiger partial charge on any atom is 0.257 e. The Labute approximate surface area is 87.2 Å².